The second kappa shape index (κ2) is 7.06. The molecule has 0 saturated carbocycles. The van der Waals surface area contributed by atoms with Gasteiger partial charge in [0, 0.05) is 13.2 Å². The summed E-state index contributed by atoms with van der Waals surface area (Å²) in [5, 5.41) is 22.2. The van der Waals surface area contributed by atoms with Gasteiger partial charge in [-0.05, 0) is 24.5 Å². The van der Waals surface area contributed by atoms with Crippen LogP contribution in [0.2, 0.25) is 5.02 Å². The maximum atomic E-state index is 11.9. The lowest BCUT2D eigenvalue weighted by Gasteiger charge is -2.11. The first-order valence-corrected chi connectivity index (χ1v) is 6.17. The van der Waals surface area contributed by atoms with Crippen LogP contribution >= 0.6 is 11.6 Å². The fourth-order valence-corrected chi connectivity index (χ4v) is 1.81. The van der Waals surface area contributed by atoms with Crippen molar-refractivity contribution in [2.75, 3.05) is 13.2 Å². The van der Waals surface area contributed by atoms with E-state index < -0.39 is 16.5 Å². The Labute approximate surface area is 115 Å². The number of amides is 1. The molecule has 0 bridgehead atoms. The Morgan fingerprint density at radius 2 is 2.26 bits per heavy atom. The zero-order valence-corrected chi connectivity index (χ0v) is 11.2. The van der Waals surface area contributed by atoms with Gasteiger partial charge < -0.3 is 10.4 Å². The predicted molar refractivity (Wildman–Crippen MR) is 71.3 cm³/mol. The number of aliphatic hydroxyl groups is 1. The smallest absolute Gasteiger partial charge is 0.300 e. The van der Waals surface area contributed by atoms with Crippen LogP contribution in [-0.2, 0) is 0 Å². The molecule has 0 fully saturated rings. The SMILES string of the molecule is CC(CCO)CNC(=O)c1cccc(Cl)c1[N+](=O)[O-]. The Kier molecular flexibility index (Phi) is 5.72. The van der Waals surface area contributed by atoms with E-state index in [0.29, 0.717) is 13.0 Å². The zero-order chi connectivity index (χ0) is 14.4. The molecule has 0 aliphatic heterocycles. The summed E-state index contributed by atoms with van der Waals surface area (Å²) >= 11 is 5.73. The lowest BCUT2D eigenvalue weighted by molar-refractivity contribution is -0.385. The Morgan fingerprint density at radius 3 is 2.84 bits per heavy atom. The molecule has 2 N–H and O–H groups in total. The van der Waals surface area contributed by atoms with Gasteiger partial charge in [0.05, 0.1) is 4.92 Å². The number of nitrogens with one attached hydrogen (secondary N) is 1. The van der Waals surface area contributed by atoms with Crippen molar-refractivity contribution < 1.29 is 14.8 Å². The number of benzene rings is 1. The first-order valence-electron chi connectivity index (χ1n) is 5.79. The van der Waals surface area contributed by atoms with Gasteiger partial charge in [-0.3, -0.25) is 14.9 Å². The van der Waals surface area contributed by atoms with Crippen LogP contribution < -0.4 is 5.32 Å². The highest BCUT2D eigenvalue weighted by atomic mass is 35.5. The van der Waals surface area contributed by atoms with E-state index in [-0.39, 0.29) is 23.1 Å². The largest absolute Gasteiger partial charge is 0.396 e. The zero-order valence-electron chi connectivity index (χ0n) is 10.4. The molecule has 1 aromatic carbocycles. The molecular formula is C12H15ClN2O4. The first kappa shape index (κ1) is 15.4. The van der Waals surface area contributed by atoms with Crippen LogP contribution in [0.3, 0.4) is 0 Å². The Balaban J connectivity index is 2.83. The second-order valence-electron chi connectivity index (χ2n) is 4.22. The summed E-state index contributed by atoms with van der Waals surface area (Å²) in [4.78, 5) is 22.1. The second-order valence-corrected chi connectivity index (χ2v) is 4.63. The number of hydrogen-bond acceptors (Lipinski definition) is 4. The number of nitro groups is 1. The molecule has 0 aromatic heterocycles. The fourth-order valence-electron chi connectivity index (χ4n) is 1.57. The number of para-hydroxylation sites is 1. The molecule has 19 heavy (non-hydrogen) atoms. The average molecular weight is 287 g/mol. The number of carbonyl (C=O) groups excluding carboxylic acids is 1. The van der Waals surface area contributed by atoms with Gasteiger partial charge in [0.15, 0.2) is 0 Å². The molecule has 1 unspecified atom stereocenters. The number of aliphatic hydroxyl groups excluding tert-OH is 1. The Bertz CT molecular complexity index is 479. The van der Waals surface area contributed by atoms with Gasteiger partial charge in [-0.25, -0.2) is 0 Å². The summed E-state index contributed by atoms with van der Waals surface area (Å²) in [5.74, 6) is -0.453. The van der Waals surface area contributed by atoms with E-state index in [4.69, 9.17) is 16.7 Å². The molecule has 0 saturated heterocycles. The van der Waals surface area contributed by atoms with Gasteiger partial charge in [-0.1, -0.05) is 24.6 Å². The van der Waals surface area contributed by atoms with Gasteiger partial charge >= 0.3 is 5.69 Å². The van der Waals surface area contributed by atoms with Crippen molar-refractivity contribution >= 4 is 23.2 Å². The third kappa shape index (κ3) is 4.18. The van der Waals surface area contributed by atoms with Gasteiger partial charge in [0.2, 0.25) is 0 Å². The molecule has 1 amide bonds. The lowest BCUT2D eigenvalue weighted by atomic mass is 10.1. The highest BCUT2D eigenvalue weighted by Crippen LogP contribution is 2.27. The topological polar surface area (TPSA) is 92.5 Å². The van der Waals surface area contributed by atoms with E-state index in [1.807, 2.05) is 6.92 Å². The molecule has 6 nitrogen and oxygen atoms in total. The Hall–Kier alpha value is -1.66. The molecule has 0 aliphatic carbocycles. The molecule has 0 aliphatic rings. The molecule has 1 atom stereocenters. The van der Waals surface area contributed by atoms with Crippen molar-refractivity contribution in [1.82, 2.24) is 5.32 Å². The minimum absolute atomic E-state index is 0.0361. The molecule has 7 heteroatoms. The number of nitro benzene ring substituents is 1. The highest BCUT2D eigenvalue weighted by Gasteiger charge is 2.23. The summed E-state index contributed by atoms with van der Waals surface area (Å²) in [6, 6.07) is 4.21. The van der Waals surface area contributed by atoms with E-state index in [0.717, 1.165) is 0 Å². The van der Waals surface area contributed by atoms with E-state index in [1.54, 1.807) is 0 Å². The van der Waals surface area contributed by atoms with Crippen molar-refractivity contribution in [3.05, 3.63) is 38.9 Å². The van der Waals surface area contributed by atoms with E-state index in [1.165, 1.54) is 18.2 Å². The summed E-state index contributed by atoms with van der Waals surface area (Å²) in [5.41, 5.74) is -0.454. The molecule has 104 valence electrons. The maximum absolute atomic E-state index is 11.9. The van der Waals surface area contributed by atoms with Crippen molar-refractivity contribution in [2.45, 2.75) is 13.3 Å². The molecule has 0 radical (unpaired) electrons. The fraction of sp³-hybridized carbons (Fsp3) is 0.417. The summed E-state index contributed by atoms with van der Waals surface area (Å²) < 4.78 is 0. The number of carbonyl (C=O) groups is 1. The van der Waals surface area contributed by atoms with Crippen molar-refractivity contribution in [3.63, 3.8) is 0 Å². The lowest BCUT2D eigenvalue weighted by Crippen LogP contribution is -2.29. The molecular weight excluding hydrogens is 272 g/mol. The number of halogens is 1. The Morgan fingerprint density at radius 1 is 1.58 bits per heavy atom. The number of rotatable bonds is 6. The van der Waals surface area contributed by atoms with Crippen LogP contribution in [0.1, 0.15) is 23.7 Å². The summed E-state index contributed by atoms with van der Waals surface area (Å²) in [7, 11) is 0. The molecule has 1 aromatic rings. The number of hydrogen-bond donors (Lipinski definition) is 2. The monoisotopic (exact) mass is 286 g/mol. The minimum atomic E-state index is -0.672. The van der Waals surface area contributed by atoms with E-state index >= 15 is 0 Å². The third-order valence-corrected chi connectivity index (χ3v) is 2.95. The first-order chi connectivity index (χ1) is 8.97. The van der Waals surface area contributed by atoms with E-state index in [2.05, 4.69) is 5.32 Å². The minimum Gasteiger partial charge on any atom is -0.396 e. The number of nitrogens with zero attached hydrogens (tertiary/aromatic N) is 1. The van der Waals surface area contributed by atoms with Crippen LogP contribution in [-0.4, -0.2) is 29.1 Å². The normalized spacial score (nSPS) is 11.9. The van der Waals surface area contributed by atoms with E-state index in [9.17, 15) is 14.9 Å². The molecule has 1 rings (SSSR count). The van der Waals surface area contributed by atoms with Gasteiger partial charge in [-0.2, -0.15) is 0 Å². The van der Waals surface area contributed by atoms with Crippen LogP contribution in [0, 0.1) is 16.0 Å². The summed E-state index contributed by atoms with van der Waals surface area (Å²) in [6.07, 6.45) is 0.553. The van der Waals surface area contributed by atoms with Crippen LogP contribution in [0.4, 0.5) is 5.69 Å². The molecule has 0 heterocycles. The summed E-state index contributed by atoms with van der Waals surface area (Å²) in [6.45, 7) is 2.24. The van der Waals surface area contributed by atoms with Gasteiger partial charge in [0.1, 0.15) is 10.6 Å². The van der Waals surface area contributed by atoms with Crippen LogP contribution in [0.15, 0.2) is 18.2 Å². The van der Waals surface area contributed by atoms with Crippen LogP contribution in [0.25, 0.3) is 0 Å². The highest BCUT2D eigenvalue weighted by molar-refractivity contribution is 6.33. The standard InChI is InChI=1S/C12H15ClN2O4/c1-8(5-6-16)7-14-12(17)9-3-2-4-10(13)11(9)15(18)19/h2-4,8,16H,5-7H2,1H3,(H,14,17). The maximum Gasteiger partial charge on any atom is 0.300 e. The van der Waals surface area contributed by atoms with Crippen LogP contribution in [0.5, 0.6) is 0 Å². The van der Waals surface area contributed by atoms with Crippen molar-refractivity contribution in [3.8, 4) is 0 Å². The van der Waals surface area contributed by atoms with Gasteiger partial charge in [-0.15, -0.1) is 0 Å². The van der Waals surface area contributed by atoms with Crippen molar-refractivity contribution in [1.29, 1.82) is 0 Å². The quantitative estimate of drug-likeness (QED) is 0.618. The molecule has 0 spiro atoms. The predicted octanol–water partition coefficient (Wildman–Crippen LogP) is 2.00. The van der Waals surface area contributed by atoms with Crippen molar-refractivity contribution in [2.24, 2.45) is 5.92 Å². The third-order valence-electron chi connectivity index (χ3n) is 2.65. The van der Waals surface area contributed by atoms with Gasteiger partial charge in [0.25, 0.3) is 5.91 Å². The average Bonchev–Trinajstić information content (AvgIpc) is 2.35.